The van der Waals surface area contributed by atoms with Crippen molar-refractivity contribution in [3.63, 3.8) is 0 Å². The van der Waals surface area contributed by atoms with Gasteiger partial charge < -0.3 is 4.90 Å². The zero-order chi connectivity index (χ0) is 22.6. The summed E-state index contributed by atoms with van der Waals surface area (Å²) in [5, 5.41) is 2.45. The molecule has 2 heteroatoms. The number of pyridine rings is 1. The molecule has 0 spiro atoms. The molecule has 0 N–H and O–H groups in total. The molecule has 0 radical (unpaired) electrons. The predicted molar refractivity (Wildman–Crippen MR) is 141 cm³/mol. The number of benzene rings is 4. The number of aryl methyl sites for hydroxylation is 2. The lowest BCUT2D eigenvalue weighted by molar-refractivity contribution is 1.26. The average molecular weight is 427 g/mol. The lowest BCUT2D eigenvalue weighted by atomic mass is 10.0. The Morgan fingerprint density at radius 2 is 1.12 bits per heavy atom. The van der Waals surface area contributed by atoms with Crippen molar-refractivity contribution in [3.05, 3.63) is 132 Å². The molecular formula is C31H26N2. The van der Waals surface area contributed by atoms with Gasteiger partial charge in [-0.15, -0.1) is 0 Å². The first-order valence-electron chi connectivity index (χ1n) is 11.2. The van der Waals surface area contributed by atoms with Crippen LogP contribution in [0.5, 0.6) is 0 Å². The molecule has 0 bridgehead atoms. The molecule has 33 heavy (non-hydrogen) atoms. The molecule has 2 nitrogen and oxygen atoms in total. The van der Waals surface area contributed by atoms with Crippen molar-refractivity contribution < 1.29 is 0 Å². The molecule has 0 fully saturated rings. The molecule has 1 heterocycles. The Balaban J connectivity index is 1.54. The van der Waals surface area contributed by atoms with Crippen molar-refractivity contribution >= 4 is 40.0 Å². The van der Waals surface area contributed by atoms with Crippen molar-refractivity contribution in [2.75, 3.05) is 4.90 Å². The summed E-state index contributed by atoms with van der Waals surface area (Å²) in [6.45, 7) is 4.28. The summed E-state index contributed by atoms with van der Waals surface area (Å²) >= 11 is 0. The molecule has 5 aromatic rings. The van der Waals surface area contributed by atoms with Gasteiger partial charge in [-0.25, -0.2) is 0 Å². The fraction of sp³-hybridized carbons (Fsp3) is 0.0645. The molecule has 0 saturated carbocycles. The van der Waals surface area contributed by atoms with Crippen molar-refractivity contribution in [2.24, 2.45) is 0 Å². The van der Waals surface area contributed by atoms with E-state index in [1.54, 1.807) is 0 Å². The van der Waals surface area contributed by atoms with E-state index in [4.69, 9.17) is 0 Å². The van der Waals surface area contributed by atoms with Gasteiger partial charge >= 0.3 is 0 Å². The molecule has 0 aliphatic rings. The zero-order valence-electron chi connectivity index (χ0n) is 18.9. The molecule has 5 rings (SSSR count). The Kier molecular flexibility index (Phi) is 5.73. The van der Waals surface area contributed by atoms with Gasteiger partial charge in [0.25, 0.3) is 0 Å². The first-order chi connectivity index (χ1) is 16.2. The van der Waals surface area contributed by atoms with Crippen molar-refractivity contribution in [3.8, 4) is 0 Å². The van der Waals surface area contributed by atoms with Crippen LogP contribution in [0.2, 0.25) is 0 Å². The third-order valence-electron chi connectivity index (χ3n) is 5.80. The van der Waals surface area contributed by atoms with E-state index in [-0.39, 0.29) is 0 Å². The van der Waals surface area contributed by atoms with Crippen LogP contribution < -0.4 is 4.90 Å². The van der Waals surface area contributed by atoms with Crippen molar-refractivity contribution in [1.82, 2.24) is 4.98 Å². The van der Waals surface area contributed by atoms with Crippen LogP contribution >= 0.6 is 0 Å². The highest BCUT2D eigenvalue weighted by atomic mass is 15.1. The minimum atomic E-state index is 1.15. The Hall–Kier alpha value is -4.17. The van der Waals surface area contributed by atoms with Gasteiger partial charge in [0.15, 0.2) is 0 Å². The Labute approximate surface area is 195 Å². The second-order valence-electron chi connectivity index (χ2n) is 8.42. The highest BCUT2D eigenvalue weighted by Gasteiger charge is 2.13. The summed E-state index contributed by atoms with van der Waals surface area (Å²) in [5.41, 5.74) is 8.30. The molecule has 4 aromatic carbocycles. The van der Waals surface area contributed by atoms with E-state index in [1.807, 2.05) is 24.5 Å². The quantitative estimate of drug-likeness (QED) is 0.280. The Morgan fingerprint density at radius 3 is 1.79 bits per heavy atom. The normalized spacial score (nSPS) is 11.2. The fourth-order valence-corrected chi connectivity index (χ4v) is 4.14. The van der Waals surface area contributed by atoms with Gasteiger partial charge in [-0.05, 0) is 101 Å². The van der Waals surface area contributed by atoms with Gasteiger partial charge in [-0.1, -0.05) is 54.6 Å². The molecule has 1 aromatic heterocycles. The van der Waals surface area contributed by atoms with Crippen LogP contribution in [-0.2, 0) is 0 Å². The maximum absolute atomic E-state index is 4.08. The molecule has 0 saturated heterocycles. The first kappa shape index (κ1) is 20.7. The minimum absolute atomic E-state index is 1.15. The number of rotatable bonds is 5. The van der Waals surface area contributed by atoms with Crippen LogP contribution in [0, 0.1) is 13.8 Å². The predicted octanol–water partition coefficient (Wildman–Crippen LogP) is 8.49. The van der Waals surface area contributed by atoms with Crippen LogP contribution in [0.1, 0.15) is 22.3 Å². The van der Waals surface area contributed by atoms with E-state index in [1.165, 1.54) is 27.5 Å². The van der Waals surface area contributed by atoms with Crippen LogP contribution in [-0.4, -0.2) is 4.98 Å². The van der Waals surface area contributed by atoms with Gasteiger partial charge in [0.2, 0.25) is 0 Å². The standard InChI is InChI=1S/C31H26N2/c1-23-5-3-7-29(19-23)33(30-8-4-6-24(2)20-30)31-14-13-27-21-26(11-12-28(27)22-31)10-9-25-15-17-32-18-16-25/h3-22H,1-2H3/b10-9+. The van der Waals surface area contributed by atoms with Gasteiger partial charge in [0, 0.05) is 29.5 Å². The molecule has 0 aliphatic carbocycles. The number of aromatic nitrogens is 1. The highest BCUT2D eigenvalue weighted by molar-refractivity contribution is 5.91. The summed E-state index contributed by atoms with van der Waals surface area (Å²) in [7, 11) is 0. The summed E-state index contributed by atoms with van der Waals surface area (Å²) in [6.07, 6.45) is 7.90. The van der Waals surface area contributed by atoms with Gasteiger partial charge in [-0.2, -0.15) is 0 Å². The second-order valence-corrected chi connectivity index (χ2v) is 8.42. The third-order valence-corrected chi connectivity index (χ3v) is 5.80. The van der Waals surface area contributed by atoms with Crippen LogP contribution in [0.4, 0.5) is 17.1 Å². The third kappa shape index (κ3) is 4.70. The lowest BCUT2D eigenvalue weighted by Gasteiger charge is -2.26. The Morgan fingerprint density at radius 1 is 0.545 bits per heavy atom. The largest absolute Gasteiger partial charge is 0.310 e. The van der Waals surface area contributed by atoms with E-state index < -0.39 is 0 Å². The number of fused-ring (bicyclic) bond motifs is 1. The average Bonchev–Trinajstić information content (AvgIpc) is 2.84. The van der Waals surface area contributed by atoms with Gasteiger partial charge in [0.1, 0.15) is 0 Å². The highest BCUT2D eigenvalue weighted by Crippen LogP contribution is 2.36. The maximum Gasteiger partial charge on any atom is 0.0468 e. The number of anilines is 3. The minimum Gasteiger partial charge on any atom is -0.310 e. The number of nitrogens with zero attached hydrogens (tertiary/aromatic N) is 2. The zero-order valence-corrected chi connectivity index (χ0v) is 18.9. The SMILES string of the molecule is Cc1cccc(N(c2cccc(C)c2)c2ccc3cc(/C=C/c4ccncc4)ccc3c2)c1. The van der Waals surface area contributed by atoms with E-state index >= 15 is 0 Å². The molecule has 0 aliphatic heterocycles. The van der Waals surface area contributed by atoms with E-state index in [0.717, 1.165) is 22.6 Å². The molecular weight excluding hydrogens is 400 g/mol. The summed E-state index contributed by atoms with van der Waals surface area (Å²) in [5.74, 6) is 0. The topological polar surface area (TPSA) is 16.1 Å². The van der Waals surface area contributed by atoms with E-state index in [9.17, 15) is 0 Å². The van der Waals surface area contributed by atoms with Gasteiger partial charge in [-0.3, -0.25) is 4.98 Å². The molecule has 0 unspecified atom stereocenters. The molecule has 0 amide bonds. The van der Waals surface area contributed by atoms with Crippen LogP contribution in [0.3, 0.4) is 0 Å². The van der Waals surface area contributed by atoms with Crippen LogP contribution in [0.25, 0.3) is 22.9 Å². The summed E-state index contributed by atoms with van der Waals surface area (Å²) < 4.78 is 0. The van der Waals surface area contributed by atoms with Crippen molar-refractivity contribution in [2.45, 2.75) is 13.8 Å². The van der Waals surface area contributed by atoms with Crippen LogP contribution in [0.15, 0.2) is 109 Å². The molecule has 160 valence electrons. The monoisotopic (exact) mass is 426 g/mol. The smallest absolute Gasteiger partial charge is 0.0468 e. The number of hydrogen-bond acceptors (Lipinski definition) is 2. The second kappa shape index (κ2) is 9.13. The molecule has 0 atom stereocenters. The Bertz CT molecular complexity index is 1390. The summed E-state index contributed by atoms with van der Waals surface area (Å²) in [6, 6.07) is 34.7. The summed E-state index contributed by atoms with van der Waals surface area (Å²) in [4.78, 5) is 6.41. The number of hydrogen-bond donors (Lipinski definition) is 0. The van der Waals surface area contributed by atoms with Gasteiger partial charge in [0.05, 0.1) is 0 Å². The maximum atomic E-state index is 4.08. The lowest BCUT2D eigenvalue weighted by Crippen LogP contribution is -2.10. The van der Waals surface area contributed by atoms with E-state index in [2.05, 4.69) is 121 Å². The first-order valence-corrected chi connectivity index (χ1v) is 11.2. The van der Waals surface area contributed by atoms with E-state index in [0.29, 0.717) is 0 Å². The van der Waals surface area contributed by atoms with Crippen molar-refractivity contribution in [1.29, 1.82) is 0 Å². The fourth-order valence-electron chi connectivity index (χ4n) is 4.14.